The van der Waals surface area contributed by atoms with Crippen LogP contribution in [0.4, 0.5) is 5.13 Å². The lowest BCUT2D eigenvalue weighted by atomic mass is 9.91. The van der Waals surface area contributed by atoms with Gasteiger partial charge in [-0.15, -0.1) is 11.3 Å². The van der Waals surface area contributed by atoms with Gasteiger partial charge in [-0.05, 0) is 26.2 Å². The Morgan fingerprint density at radius 2 is 2.50 bits per heavy atom. The molecule has 0 fully saturated rings. The van der Waals surface area contributed by atoms with Crippen LogP contribution in [-0.4, -0.2) is 21.2 Å². The molecule has 0 spiro atoms. The second-order valence-electron chi connectivity index (χ2n) is 4.90. The first-order valence-electron chi connectivity index (χ1n) is 6.52. The van der Waals surface area contributed by atoms with Crippen LogP contribution >= 0.6 is 11.3 Å². The molecular weight excluding hydrogens is 278 g/mol. The first-order valence-corrected chi connectivity index (χ1v) is 7.33. The maximum atomic E-state index is 11.2. The SMILES string of the molecule is Cc1cc(CNc2nc3c(s2)CCCC3C(=O)O)on1. The van der Waals surface area contributed by atoms with Crippen LogP contribution in [0.5, 0.6) is 0 Å². The third-order valence-electron chi connectivity index (χ3n) is 3.34. The summed E-state index contributed by atoms with van der Waals surface area (Å²) in [5.41, 5.74) is 1.57. The fourth-order valence-corrected chi connectivity index (χ4v) is 3.46. The van der Waals surface area contributed by atoms with Crippen LogP contribution < -0.4 is 5.32 Å². The van der Waals surface area contributed by atoms with Gasteiger partial charge in [0.2, 0.25) is 0 Å². The molecule has 0 bridgehead atoms. The fraction of sp³-hybridized carbons (Fsp3) is 0.462. The Bertz CT molecular complexity index is 635. The first-order chi connectivity index (χ1) is 9.63. The molecule has 0 saturated carbocycles. The number of thiazole rings is 1. The number of aromatic nitrogens is 2. The summed E-state index contributed by atoms with van der Waals surface area (Å²) < 4.78 is 5.12. The van der Waals surface area contributed by atoms with Crippen molar-refractivity contribution in [2.75, 3.05) is 5.32 Å². The number of anilines is 1. The van der Waals surface area contributed by atoms with Gasteiger partial charge in [-0.1, -0.05) is 5.16 Å². The topological polar surface area (TPSA) is 88.2 Å². The highest BCUT2D eigenvalue weighted by Crippen LogP contribution is 2.36. The average Bonchev–Trinajstić information content (AvgIpc) is 3.01. The fourth-order valence-electron chi connectivity index (χ4n) is 2.40. The van der Waals surface area contributed by atoms with E-state index in [-0.39, 0.29) is 0 Å². The van der Waals surface area contributed by atoms with Crippen LogP contribution in [0.15, 0.2) is 10.6 Å². The van der Waals surface area contributed by atoms with E-state index >= 15 is 0 Å². The summed E-state index contributed by atoms with van der Waals surface area (Å²) in [5.74, 6) is -0.503. The van der Waals surface area contributed by atoms with Crippen molar-refractivity contribution in [2.45, 2.75) is 38.6 Å². The minimum absolute atomic E-state index is 0.460. The predicted molar refractivity (Wildman–Crippen MR) is 74.0 cm³/mol. The number of aliphatic carboxylic acids is 1. The number of hydrogen-bond acceptors (Lipinski definition) is 6. The van der Waals surface area contributed by atoms with Gasteiger partial charge in [0, 0.05) is 10.9 Å². The van der Waals surface area contributed by atoms with E-state index in [2.05, 4.69) is 15.5 Å². The molecule has 0 aliphatic heterocycles. The van der Waals surface area contributed by atoms with E-state index in [1.807, 2.05) is 13.0 Å². The maximum Gasteiger partial charge on any atom is 0.312 e. The van der Waals surface area contributed by atoms with E-state index in [1.165, 1.54) is 11.3 Å². The van der Waals surface area contributed by atoms with Crippen molar-refractivity contribution >= 4 is 22.4 Å². The molecule has 3 rings (SSSR count). The lowest BCUT2D eigenvalue weighted by Gasteiger charge is -2.16. The molecule has 1 aliphatic carbocycles. The molecule has 20 heavy (non-hydrogen) atoms. The zero-order chi connectivity index (χ0) is 14.1. The van der Waals surface area contributed by atoms with E-state index < -0.39 is 11.9 Å². The van der Waals surface area contributed by atoms with Gasteiger partial charge >= 0.3 is 5.97 Å². The Balaban J connectivity index is 1.74. The summed E-state index contributed by atoms with van der Waals surface area (Å²) >= 11 is 1.53. The standard InChI is InChI=1S/C13H15N3O3S/c1-7-5-8(19-16-7)6-14-13-15-11-9(12(17)18)3-2-4-10(11)20-13/h5,9H,2-4,6H2,1H3,(H,14,15)(H,17,18). The third kappa shape index (κ3) is 2.53. The summed E-state index contributed by atoms with van der Waals surface area (Å²) in [6, 6.07) is 1.86. The normalized spacial score (nSPS) is 17.8. The number of carbonyl (C=O) groups is 1. The largest absolute Gasteiger partial charge is 0.481 e. The third-order valence-corrected chi connectivity index (χ3v) is 4.43. The molecule has 0 radical (unpaired) electrons. The van der Waals surface area contributed by atoms with Crippen molar-refractivity contribution < 1.29 is 14.4 Å². The molecule has 2 aromatic rings. The van der Waals surface area contributed by atoms with Gasteiger partial charge in [0.1, 0.15) is 5.92 Å². The molecule has 2 heterocycles. The second-order valence-corrected chi connectivity index (χ2v) is 5.98. The smallest absolute Gasteiger partial charge is 0.312 e. The van der Waals surface area contributed by atoms with Gasteiger partial charge in [0.25, 0.3) is 0 Å². The van der Waals surface area contributed by atoms with E-state index in [9.17, 15) is 9.90 Å². The average molecular weight is 293 g/mol. The van der Waals surface area contributed by atoms with Gasteiger partial charge in [-0.25, -0.2) is 4.98 Å². The quantitative estimate of drug-likeness (QED) is 0.900. The minimum atomic E-state index is -0.784. The van der Waals surface area contributed by atoms with Gasteiger partial charge in [0.15, 0.2) is 10.9 Å². The van der Waals surface area contributed by atoms with Crippen LogP contribution in [0, 0.1) is 6.92 Å². The van der Waals surface area contributed by atoms with Gasteiger partial charge in [-0.2, -0.15) is 0 Å². The molecule has 2 N–H and O–H groups in total. The number of aryl methyl sites for hydroxylation is 2. The summed E-state index contributed by atoms with van der Waals surface area (Å²) in [4.78, 5) is 16.8. The first kappa shape index (κ1) is 13.1. The highest BCUT2D eigenvalue weighted by molar-refractivity contribution is 7.15. The highest BCUT2D eigenvalue weighted by Gasteiger charge is 2.29. The van der Waals surface area contributed by atoms with E-state index in [0.717, 1.165) is 40.0 Å². The maximum absolute atomic E-state index is 11.2. The predicted octanol–water partition coefficient (Wildman–Crippen LogP) is 2.56. The van der Waals surface area contributed by atoms with Crippen molar-refractivity contribution in [3.8, 4) is 0 Å². The number of carboxylic acids is 1. The van der Waals surface area contributed by atoms with Crippen LogP contribution in [0.25, 0.3) is 0 Å². The van der Waals surface area contributed by atoms with Crippen molar-refractivity contribution in [1.82, 2.24) is 10.1 Å². The Kier molecular flexibility index (Phi) is 3.43. The molecule has 2 aromatic heterocycles. The molecule has 0 amide bonds. The van der Waals surface area contributed by atoms with Crippen molar-refractivity contribution in [3.05, 3.63) is 28.1 Å². The highest BCUT2D eigenvalue weighted by atomic mass is 32.1. The van der Waals surface area contributed by atoms with Crippen LogP contribution in [0.2, 0.25) is 0 Å². The zero-order valence-electron chi connectivity index (χ0n) is 11.0. The summed E-state index contributed by atoms with van der Waals surface area (Å²) in [6.07, 6.45) is 2.50. The number of rotatable bonds is 4. The number of fused-ring (bicyclic) bond motifs is 1. The lowest BCUT2D eigenvalue weighted by Crippen LogP contribution is -2.17. The molecule has 6 nitrogen and oxygen atoms in total. The molecule has 0 aromatic carbocycles. The Labute approximate surface area is 119 Å². The molecule has 1 unspecified atom stereocenters. The number of nitrogens with zero attached hydrogens (tertiary/aromatic N) is 2. The van der Waals surface area contributed by atoms with Crippen molar-refractivity contribution in [1.29, 1.82) is 0 Å². The molecular formula is C13H15N3O3S. The van der Waals surface area contributed by atoms with Crippen LogP contribution in [0.1, 0.15) is 40.8 Å². The monoisotopic (exact) mass is 293 g/mol. The van der Waals surface area contributed by atoms with E-state index in [0.29, 0.717) is 13.0 Å². The number of hydrogen-bond donors (Lipinski definition) is 2. The minimum Gasteiger partial charge on any atom is -0.481 e. The number of carboxylic acid groups (broad SMARTS) is 1. The van der Waals surface area contributed by atoms with Crippen molar-refractivity contribution in [2.24, 2.45) is 0 Å². The lowest BCUT2D eigenvalue weighted by molar-refractivity contribution is -0.139. The molecule has 0 saturated heterocycles. The van der Waals surface area contributed by atoms with E-state index in [4.69, 9.17) is 4.52 Å². The molecule has 7 heteroatoms. The summed E-state index contributed by atoms with van der Waals surface area (Å²) in [5, 5.41) is 17.0. The Morgan fingerprint density at radius 3 is 3.20 bits per heavy atom. The summed E-state index contributed by atoms with van der Waals surface area (Å²) in [6.45, 7) is 2.37. The number of nitrogens with one attached hydrogen (secondary N) is 1. The Morgan fingerprint density at radius 1 is 1.65 bits per heavy atom. The van der Waals surface area contributed by atoms with Crippen LogP contribution in [-0.2, 0) is 17.8 Å². The summed E-state index contributed by atoms with van der Waals surface area (Å²) in [7, 11) is 0. The molecule has 106 valence electrons. The van der Waals surface area contributed by atoms with Gasteiger partial charge in [0.05, 0.1) is 17.9 Å². The van der Waals surface area contributed by atoms with E-state index in [1.54, 1.807) is 0 Å². The molecule has 1 atom stereocenters. The zero-order valence-corrected chi connectivity index (χ0v) is 11.9. The second kappa shape index (κ2) is 5.24. The Hall–Kier alpha value is -1.89. The van der Waals surface area contributed by atoms with Gasteiger partial charge in [-0.3, -0.25) is 4.79 Å². The van der Waals surface area contributed by atoms with Crippen molar-refractivity contribution in [3.63, 3.8) is 0 Å². The van der Waals surface area contributed by atoms with Crippen LogP contribution in [0.3, 0.4) is 0 Å². The molecule has 1 aliphatic rings. The van der Waals surface area contributed by atoms with Gasteiger partial charge < -0.3 is 14.9 Å².